The Labute approximate surface area is 182 Å². The lowest BCUT2D eigenvalue weighted by molar-refractivity contribution is -0.131. The van der Waals surface area contributed by atoms with Gasteiger partial charge in [0.1, 0.15) is 0 Å². The third-order valence-electron chi connectivity index (χ3n) is 9.04. The van der Waals surface area contributed by atoms with Crippen LogP contribution in [0, 0.1) is 17.8 Å². The molecule has 8 atom stereocenters. The second kappa shape index (κ2) is 9.43. The maximum absolute atomic E-state index is 12.2. The largest absolute Gasteiger partial charge is 0.338 e. The quantitative estimate of drug-likeness (QED) is 0.562. The smallest absolute Gasteiger partial charge is 0.219 e. The van der Waals surface area contributed by atoms with E-state index in [-0.39, 0.29) is 5.91 Å². The van der Waals surface area contributed by atoms with Crippen LogP contribution >= 0.6 is 0 Å². The van der Waals surface area contributed by atoms with Gasteiger partial charge in [-0.2, -0.15) is 0 Å². The number of nitrogens with one attached hydrogen (secondary N) is 4. The molecule has 5 fully saturated rings. The lowest BCUT2D eigenvalue weighted by Crippen LogP contribution is -2.61. The zero-order valence-electron chi connectivity index (χ0n) is 18.9. The van der Waals surface area contributed by atoms with E-state index in [1.165, 1.54) is 70.9 Å². The fourth-order valence-electron chi connectivity index (χ4n) is 7.60. The molecule has 4 N–H and O–H groups in total. The Morgan fingerprint density at radius 3 is 2.60 bits per heavy atom. The van der Waals surface area contributed by atoms with Gasteiger partial charge in [0.15, 0.2) is 0 Å². The van der Waals surface area contributed by atoms with E-state index in [2.05, 4.69) is 26.2 Å². The lowest BCUT2D eigenvalue weighted by atomic mass is 9.72. The SMILES string of the molecule is CC(=O)N1CCC2CCCC(NC3CCNC(NC4CCCC5CCNCC54)C3)C21. The number of fused-ring (bicyclic) bond motifs is 2. The molecule has 2 aliphatic carbocycles. The van der Waals surface area contributed by atoms with Gasteiger partial charge in [0.05, 0.1) is 6.17 Å². The number of rotatable bonds is 4. The van der Waals surface area contributed by atoms with Gasteiger partial charge < -0.3 is 20.9 Å². The average molecular weight is 418 g/mol. The maximum atomic E-state index is 12.2. The first-order chi connectivity index (χ1) is 14.7. The Hall–Kier alpha value is -0.690. The Kier molecular flexibility index (Phi) is 6.66. The zero-order chi connectivity index (χ0) is 20.5. The predicted octanol–water partition coefficient (Wildman–Crippen LogP) is 1.81. The van der Waals surface area contributed by atoms with Crippen LogP contribution in [0.3, 0.4) is 0 Å². The van der Waals surface area contributed by atoms with Crippen LogP contribution < -0.4 is 21.3 Å². The van der Waals surface area contributed by atoms with E-state index in [4.69, 9.17) is 0 Å². The van der Waals surface area contributed by atoms with Crippen LogP contribution in [0.15, 0.2) is 0 Å². The minimum absolute atomic E-state index is 0.272. The summed E-state index contributed by atoms with van der Waals surface area (Å²) in [7, 11) is 0. The highest BCUT2D eigenvalue weighted by atomic mass is 16.2. The Morgan fingerprint density at radius 1 is 0.900 bits per heavy atom. The minimum atomic E-state index is 0.272. The molecule has 5 aliphatic rings. The Balaban J connectivity index is 1.18. The number of nitrogens with zero attached hydrogens (tertiary/aromatic N) is 1. The summed E-state index contributed by atoms with van der Waals surface area (Å²) in [6, 6.07) is 2.14. The standard InChI is InChI=1S/C24H43N5O/c1-16(30)29-13-10-18-5-3-7-22(24(18)29)27-19-9-12-26-23(14-19)28-21-6-2-4-17-8-11-25-15-20(17)21/h17-28H,2-15H2,1H3. The van der Waals surface area contributed by atoms with Crippen LogP contribution in [0.2, 0.25) is 0 Å². The number of piperidine rings is 2. The summed E-state index contributed by atoms with van der Waals surface area (Å²) in [6.07, 6.45) is 13.4. The van der Waals surface area contributed by atoms with E-state index >= 15 is 0 Å². The summed E-state index contributed by atoms with van der Waals surface area (Å²) in [6.45, 7) is 6.23. The molecule has 2 saturated carbocycles. The van der Waals surface area contributed by atoms with Gasteiger partial charge >= 0.3 is 0 Å². The molecule has 3 heterocycles. The first-order valence-corrected chi connectivity index (χ1v) is 12.9. The van der Waals surface area contributed by atoms with Crippen molar-refractivity contribution in [2.45, 2.75) is 101 Å². The lowest BCUT2D eigenvalue weighted by Gasteiger charge is -2.45. The van der Waals surface area contributed by atoms with Crippen molar-refractivity contribution in [1.29, 1.82) is 0 Å². The number of likely N-dealkylation sites (tertiary alicyclic amines) is 1. The van der Waals surface area contributed by atoms with Gasteiger partial charge in [-0.3, -0.25) is 10.1 Å². The molecular weight excluding hydrogens is 374 g/mol. The third-order valence-corrected chi connectivity index (χ3v) is 9.04. The molecule has 0 aromatic heterocycles. The highest BCUT2D eigenvalue weighted by molar-refractivity contribution is 5.74. The number of carbonyl (C=O) groups is 1. The van der Waals surface area contributed by atoms with E-state index in [1.807, 2.05) is 0 Å². The summed E-state index contributed by atoms with van der Waals surface area (Å²) in [4.78, 5) is 14.4. The van der Waals surface area contributed by atoms with E-state index < -0.39 is 0 Å². The van der Waals surface area contributed by atoms with Gasteiger partial charge in [0, 0.05) is 37.6 Å². The number of hydrogen-bond donors (Lipinski definition) is 4. The van der Waals surface area contributed by atoms with Crippen molar-refractivity contribution in [1.82, 2.24) is 26.2 Å². The summed E-state index contributed by atoms with van der Waals surface area (Å²) >= 11 is 0. The van der Waals surface area contributed by atoms with Gasteiger partial charge in [-0.1, -0.05) is 12.8 Å². The summed E-state index contributed by atoms with van der Waals surface area (Å²) in [5.41, 5.74) is 0. The van der Waals surface area contributed by atoms with E-state index in [9.17, 15) is 4.79 Å². The molecule has 6 nitrogen and oxygen atoms in total. The highest BCUT2D eigenvalue weighted by Gasteiger charge is 2.44. The van der Waals surface area contributed by atoms with Gasteiger partial charge in [-0.25, -0.2) is 0 Å². The van der Waals surface area contributed by atoms with Crippen LogP contribution in [0.1, 0.15) is 71.1 Å². The molecule has 170 valence electrons. The molecule has 30 heavy (non-hydrogen) atoms. The summed E-state index contributed by atoms with van der Waals surface area (Å²) < 4.78 is 0. The van der Waals surface area contributed by atoms with Gasteiger partial charge in [-0.15, -0.1) is 0 Å². The first kappa shape index (κ1) is 21.2. The molecule has 8 unspecified atom stereocenters. The van der Waals surface area contributed by atoms with Gasteiger partial charge in [-0.05, 0) is 88.8 Å². The van der Waals surface area contributed by atoms with Crippen molar-refractivity contribution in [2.24, 2.45) is 17.8 Å². The van der Waals surface area contributed by atoms with Crippen molar-refractivity contribution in [3.05, 3.63) is 0 Å². The number of amides is 1. The van der Waals surface area contributed by atoms with Crippen LogP contribution in [-0.4, -0.2) is 67.3 Å². The molecule has 3 aliphatic heterocycles. The van der Waals surface area contributed by atoms with Gasteiger partial charge in [0.25, 0.3) is 0 Å². The molecule has 0 bridgehead atoms. The van der Waals surface area contributed by atoms with Gasteiger partial charge in [0.2, 0.25) is 5.91 Å². The Morgan fingerprint density at radius 2 is 1.73 bits per heavy atom. The molecule has 0 radical (unpaired) electrons. The molecule has 0 aromatic rings. The molecule has 1 amide bonds. The first-order valence-electron chi connectivity index (χ1n) is 12.9. The van der Waals surface area contributed by atoms with Crippen molar-refractivity contribution >= 4 is 5.91 Å². The van der Waals surface area contributed by atoms with Crippen molar-refractivity contribution in [3.8, 4) is 0 Å². The van der Waals surface area contributed by atoms with Crippen LogP contribution in [0.5, 0.6) is 0 Å². The maximum Gasteiger partial charge on any atom is 0.219 e. The Bertz CT molecular complexity index is 598. The second-order valence-electron chi connectivity index (χ2n) is 10.8. The highest BCUT2D eigenvalue weighted by Crippen LogP contribution is 2.37. The molecule has 6 heteroatoms. The van der Waals surface area contributed by atoms with E-state index in [1.54, 1.807) is 6.92 Å². The number of hydrogen-bond acceptors (Lipinski definition) is 5. The predicted molar refractivity (Wildman–Crippen MR) is 120 cm³/mol. The summed E-state index contributed by atoms with van der Waals surface area (Å²) in [5.74, 6) is 2.72. The van der Waals surface area contributed by atoms with E-state index in [0.717, 1.165) is 31.3 Å². The van der Waals surface area contributed by atoms with Crippen molar-refractivity contribution in [3.63, 3.8) is 0 Å². The fourth-order valence-corrected chi connectivity index (χ4v) is 7.60. The summed E-state index contributed by atoms with van der Waals surface area (Å²) in [5, 5.41) is 15.5. The van der Waals surface area contributed by atoms with Crippen molar-refractivity contribution < 1.29 is 4.79 Å². The molecule has 3 saturated heterocycles. The fraction of sp³-hybridized carbons (Fsp3) is 0.958. The monoisotopic (exact) mass is 417 g/mol. The zero-order valence-corrected chi connectivity index (χ0v) is 18.9. The molecule has 0 aromatic carbocycles. The van der Waals surface area contributed by atoms with E-state index in [0.29, 0.717) is 36.3 Å². The van der Waals surface area contributed by atoms with Crippen LogP contribution in [-0.2, 0) is 4.79 Å². The van der Waals surface area contributed by atoms with Crippen molar-refractivity contribution in [2.75, 3.05) is 26.2 Å². The van der Waals surface area contributed by atoms with Crippen LogP contribution in [0.4, 0.5) is 0 Å². The van der Waals surface area contributed by atoms with Crippen LogP contribution in [0.25, 0.3) is 0 Å². The number of carbonyl (C=O) groups excluding carboxylic acids is 1. The normalized spacial score (nSPS) is 44.4. The molecular formula is C24H43N5O. The minimum Gasteiger partial charge on any atom is -0.338 e. The topological polar surface area (TPSA) is 68.4 Å². The third kappa shape index (κ3) is 4.43. The molecule has 5 rings (SSSR count). The molecule has 0 spiro atoms. The second-order valence-corrected chi connectivity index (χ2v) is 10.8. The average Bonchev–Trinajstić information content (AvgIpc) is 3.20.